The zero-order valence-corrected chi connectivity index (χ0v) is 16.7. The molecule has 1 aromatic carbocycles. The van der Waals surface area contributed by atoms with Crippen LogP contribution >= 0.6 is 0 Å². The van der Waals surface area contributed by atoms with Gasteiger partial charge in [0, 0.05) is 43.2 Å². The van der Waals surface area contributed by atoms with Gasteiger partial charge in [0.05, 0.1) is 13.2 Å². The molecule has 152 valence electrons. The predicted molar refractivity (Wildman–Crippen MR) is 107 cm³/mol. The Morgan fingerprint density at radius 1 is 1.32 bits per heavy atom. The number of carbonyl (C=O) groups excluding carboxylic acids is 1. The first kappa shape index (κ1) is 20.4. The molecule has 0 bridgehead atoms. The quantitative estimate of drug-likeness (QED) is 0.730. The van der Waals surface area contributed by atoms with Crippen LogP contribution in [-0.4, -0.2) is 56.3 Å². The summed E-state index contributed by atoms with van der Waals surface area (Å²) >= 11 is 0. The Hall–Kier alpha value is -2.38. The Bertz CT molecular complexity index is 886. The maximum absolute atomic E-state index is 12.4. The molecule has 1 aliphatic rings. The van der Waals surface area contributed by atoms with Gasteiger partial charge < -0.3 is 19.2 Å². The number of rotatable bonds is 7. The van der Waals surface area contributed by atoms with Crippen molar-refractivity contribution in [2.24, 2.45) is 0 Å². The molecule has 0 saturated carbocycles. The van der Waals surface area contributed by atoms with Crippen LogP contribution in [0.25, 0.3) is 11.0 Å². The highest BCUT2D eigenvalue weighted by molar-refractivity contribution is 5.85. The molecule has 28 heavy (non-hydrogen) atoms. The largest absolute Gasteiger partial charge is 0.480 e. The van der Waals surface area contributed by atoms with E-state index in [1.165, 1.54) is 6.07 Å². The van der Waals surface area contributed by atoms with Crippen molar-refractivity contribution in [3.8, 4) is 5.75 Å². The van der Waals surface area contributed by atoms with Crippen molar-refractivity contribution in [1.29, 1.82) is 0 Å². The second-order valence-corrected chi connectivity index (χ2v) is 7.01. The van der Waals surface area contributed by atoms with E-state index in [2.05, 4.69) is 10.2 Å². The van der Waals surface area contributed by atoms with Gasteiger partial charge >= 0.3 is 5.63 Å². The van der Waals surface area contributed by atoms with Crippen LogP contribution in [0.5, 0.6) is 5.75 Å². The number of fused-ring (bicyclic) bond motifs is 1. The van der Waals surface area contributed by atoms with E-state index in [-0.39, 0.29) is 11.5 Å². The van der Waals surface area contributed by atoms with Crippen molar-refractivity contribution < 1.29 is 18.7 Å². The maximum Gasteiger partial charge on any atom is 0.336 e. The van der Waals surface area contributed by atoms with Crippen LogP contribution in [0.4, 0.5) is 0 Å². The lowest BCUT2D eigenvalue weighted by atomic mass is 10.0. The first-order valence-electron chi connectivity index (χ1n) is 9.80. The van der Waals surface area contributed by atoms with Gasteiger partial charge in [-0.05, 0) is 38.0 Å². The molecule has 0 radical (unpaired) electrons. The molecule has 1 unspecified atom stereocenters. The third-order valence-electron chi connectivity index (χ3n) is 5.08. The average molecular weight is 388 g/mol. The van der Waals surface area contributed by atoms with Crippen LogP contribution in [0.15, 0.2) is 27.4 Å². The zero-order valence-electron chi connectivity index (χ0n) is 16.7. The van der Waals surface area contributed by atoms with Gasteiger partial charge in [0.2, 0.25) is 0 Å². The van der Waals surface area contributed by atoms with Crippen molar-refractivity contribution in [2.75, 3.05) is 39.4 Å². The molecule has 1 aliphatic heterocycles. The molecular formula is C21H28N2O5. The van der Waals surface area contributed by atoms with Crippen LogP contribution in [0.3, 0.4) is 0 Å². The minimum Gasteiger partial charge on any atom is -0.480 e. The highest BCUT2D eigenvalue weighted by Gasteiger charge is 2.18. The minimum absolute atomic E-state index is 0.170. The fraction of sp³-hybridized carbons (Fsp3) is 0.524. The second kappa shape index (κ2) is 9.21. The average Bonchev–Trinajstić information content (AvgIpc) is 2.70. The number of morpholine rings is 1. The van der Waals surface area contributed by atoms with E-state index in [9.17, 15) is 9.59 Å². The molecule has 1 fully saturated rings. The van der Waals surface area contributed by atoms with Crippen molar-refractivity contribution in [3.63, 3.8) is 0 Å². The lowest BCUT2D eigenvalue weighted by Crippen LogP contribution is -2.43. The normalized spacial score (nSPS) is 16.1. The lowest BCUT2D eigenvalue weighted by Gasteiger charge is -2.26. The molecule has 3 rings (SSSR count). The lowest BCUT2D eigenvalue weighted by molar-refractivity contribution is -0.127. The number of hydrogen-bond acceptors (Lipinski definition) is 6. The standard InChI is InChI=1S/C21H28N2O5/c1-4-16-13-19(24)28-20-14(2)18(6-5-17(16)20)27-15(3)21(25)22-7-8-23-9-11-26-12-10-23/h5-6,13,15H,4,7-12H2,1-3H3,(H,22,25). The Labute approximate surface area is 164 Å². The van der Waals surface area contributed by atoms with Gasteiger partial charge in [0.15, 0.2) is 6.10 Å². The first-order chi connectivity index (χ1) is 13.5. The van der Waals surface area contributed by atoms with Crippen LogP contribution < -0.4 is 15.7 Å². The van der Waals surface area contributed by atoms with Gasteiger partial charge in [-0.25, -0.2) is 4.79 Å². The molecule has 1 atom stereocenters. The van der Waals surface area contributed by atoms with Crippen LogP contribution in [0, 0.1) is 6.92 Å². The number of aryl methyl sites for hydroxylation is 2. The summed E-state index contributed by atoms with van der Waals surface area (Å²) in [5, 5.41) is 3.81. The molecule has 1 saturated heterocycles. The topological polar surface area (TPSA) is 81.0 Å². The van der Waals surface area contributed by atoms with Gasteiger partial charge in [-0.2, -0.15) is 0 Å². The molecular weight excluding hydrogens is 360 g/mol. The van der Waals surface area contributed by atoms with Gasteiger partial charge in [-0.1, -0.05) is 6.92 Å². The van der Waals surface area contributed by atoms with E-state index >= 15 is 0 Å². The van der Waals surface area contributed by atoms with Gasteiger partial charge in [-0.3, -0.25) is 9.69 Å². The zero-order chi connectivity index (χ0) is 20.1. The molecule has 1 aromatic heterocycles. The van der Waals surface area contributed by atoms with Crippen LogP contribution in [0.1, 0.15) is 25.0 Å². The summed E-state index contributed by atoms with van der Waals surface area (Å²) in [5.74, 6) is 0.372. The fourth-order valence-electron chi connectivity index (χ4n) is 3.38. The third-order valence-corrected chi connectivity index (χ3v) is 5.08. The number of carbonyl (C=O) groups is 1. The Morgan fingerprint density at radius 3 is 2.79 bits per heavy atom. The van der Waals surface area contributed by atoms with Crippen molar-refractivity contribution in [3.05, 3.63) is 39.7 Å². The maximum atomic E-state index is 12.4. The summed E-state index contributed by atoms with van der Waals surface area (Å²) < 4.78 is 16.6. The number of nitrogens with one attached hydrogen (secondary N) is 1. The summed E-state index contributed by atoms with van der Waals surface area (Å²) in [4.78, 5) is 26.4. The monoisotopic (exact) mass is 388 g/mol. The highest BCUT2D eigenvalue weighted by Crippen LogP contribution is 2.29. The van der Waals surface area contributed by atoms with Crippen molar-refractivity contribution >= 4 is 16.9 Å². The number of amides is 1. The summed E-state index contributed by atoms with van der Waals surface area (Å²) in [6.45, 7) is 10.2. The van der Waals surface area contributed by atoms with E-state index in [1.807, 2.05) is 26.0 Å². The van der Waals surface area contributed by atoms with Gasteiger partial charge in [0.1, 0.15) is 11.3 Å². The Kier molecular flexibility index (Phi) is 6.70. The summed E-state index contributed by atoms with van der Waals surface area (Å²) in [7, 11) is 0. The molecule has 7 heteroatoms. The summed E-state index contributed by atoms with van der Waals surface area (Å²) in [6.07, 6.45) is 0.0888. The Balaban J connectivity index is 1.63. The van der Waals surface area contributed by atoms with E-state index < -0.39 is 6.10 Å². The van der Waals surface area contributed by atoms with Gasteiger partial charge in [-0.15, -0.1) is 0 Å². The van der Waals surface area contributed by atoms with E-state index in [1.54, 1.807) is 6.92 Å². The smallest absolute Gasteiger partial charge is 0.336 e. The SMILES string of the molecule is CCc1cc(=O)oc2c(C)c(OC(C)C(=O)NCCN3CCOCC3)ccc12. The van der Waals surface area contributed by atoms with Crippen molar-refractivity contribution in [1.82, 2.24) is 10.2 Å². The van der Waals surface area contributed by atoms with Gasteiger partial charge in [0.25, 0.3) is 5.91 Å². The van der Waals surface area contributed by atoms with E-state index in [0.29, 0.717) is 17.9 Å². The first-order valence-corrected chi connectivity index (χ1v) is 9.80. The molecule has 0 spiro atoms. The molecule has 0 aliphatic carbocycles. The minimum atomic E-state index is -0.651. The highest BCUT2D eigenvalue weighted by atomic mass is 16.5. The predicted octanol–water partition coefficient (Wildman–Crippen LogP) is 1.88. The van der Waals surface area contributed by atoms with E-state index in [4.69, 9.17) is 13.9 Å². The van der Waals surface area contributed by atoms with E-state index in [0.717, 1.165) is 55.8 Å². The summed E-state index contributed by atoms with van der Waals surface area (Å²) in [6, 6.07) is 5.23. The fourth-order valence-corrected chi connectivity index (χ4v) is 3.38. The summed E-state index contributed by atoms with van der Waals surface area (Å²) in [5.41, 5.74) is 1.80. The number of benzene rings is 1. The Morgan fingerprint density at radius 2 is 2.07 bits per heavy atom. The third kappa shape index (κ3) is 4.72. The number of nitrogens with zero attached hydrogens (tertiary/aromatic N) is 1. The molecule has 1 N–H and O–H groups in total. The van der Waals surface area contributed by atoms with Crippen LogP contribution in [-0.2, 0) is 16.0 Å². The molecule has 2 aromatic rings. The second-order valence-electron chi connectivity index (χ2n) is 7.01. The number of hydrogen-bond donors (Lipinski definition) is 1. The molecule has 7 nitrogen and oxygen atoms in total. The number of ether oxygens (including phenoxy) is 2. The molecule has 1 amide bonds. The van der Waals surface area contributed by atoms with Crippen LogP contribution in [0.2, 0.25) is 0 Å². The molecule has 2 heterocycles. The van der Waals surface area contributed by atoms with Crippen molar-refractivity contribution in [2.45, 2.75) is 33.3 Å².